The molecule has 0 bridgehead atoms. The number of hydrogen-bond donors (Lipinski definition) is 1. The summed E-state index contributed by atoms with van der Waals surface area (Å²) in [6.45, 7) is 4.74. The predicted molar refractivity (Wildman–Crippen MR) is 75.8 cm³/mol. The molecule has 1 aromatic rings. The Bertz CT molecular complexity index is 393. The Balaban J connectivity index is 1.98. The van der Waals surface area contributed by atoms with Gasteiger partial charge < -0.3 is 10.2 Å². The van der Waals surface area contributed by atoms with Crippen molar-refractivity contribution >= 4 is 21.6 Å². The van der Waals surface area contributed by atoms with Gasteiger partial charge in [0.1, 0.15) is 0 Å². The van der Waals surface area contributed by atoms with E-state index in [4.69, 9.17) is 0 Å². The third kappa shape index (κ3) is 2.23. The second kappa shape index (κ2) is 4.99. The first-order chi connectivity index (χ1) is 8.36. The molecule has 2 heterocycles. The minimum Gasteiger partial charge on any atom is -0.371 e. The van der Waals surface area contributed by atoms with Gasteiger partial charge in [0.15, 0.2) is 0 Å². The fraction of sp³-hybridized carbons (Fsp3) is 0.571. The largest absolute Gasteiger partial charge is 0.371 e. The van der Waals surface area contributed by atoms with Crippen LogP contribution in [0.25, 0.3) is 0 Å². The summed E-state index contributed by atoms with van der Waals surface area (Å²) in [5, 5.41) is 3.48. The topological polar surface area (TPSA) is 15.3 Å². The molecule has 92 valence electrons. The van der Waals surface area contributed by atoms with E-state index in [0.717, 1.165) is 13.1 Å². The highest BCUT2D eigenvalue weighted by Crippen LogP contribution is 2.38. The van der Waals surface area contributed by atoms with Crippen LogP contribution in [-0.2, 0) is 0 Å². The third-order valence-corrected chi connectivity index (χ3v) is 4.64. The minimum atomic E-state index is 0.682. The van der Waals surface area contributed by atoms with Crippen LogP contribution in [0.3, 0.4) is 0 Å². The molecular formula is C14H19BrN2. The number of hydrogen-bond acceptors (Lipinski definition) is 2. The lowest BCUT2D eigenvalue weighted by molar-refractivity contribution is 0.752. The van der Waals surface area contributed by atoms with Gasteiger partial charge in [0.25, 0.3) is 0 Å². The molecule has 1 atom stereocenters. The van der Waals surface area contributed by atoms with Crippen LogP contribution < -0.4 is 10.2 Å². The molecule has 0 aromatic heterocycles. The molecule has 0 amide bonds. The van der Waals surface area contributed by atoms with Crippen LogP contribution in [0.2, 0.25) is 0 Å². The average Bonchev–Trinajstić information content (AvgIpc) is 3.02. The van der Waals surface area contributed by atoms with E-state index in [1.165, 1.54) is 48.1 Å². The van der Waals surface area contributed by atoms with Gasteiger partial charge in [-0.15, -0.1) is 0 Å². The van der Waals surface area contributed by atoms with E-state index in [0.29, 0.717) is 5.92 Å². The summed E-state index contributed by atoms with van der Waals surface area (Å²) in [7, 11) is 0. The summed E-state index contributed by atoms with van der Waals surface area (Å²) < 4.78 is 1.29. The van der Waals surface area contributed by atoms with Gasteiger partial charge in [0, 0.05) is 35.7 Å². The standard InChI is InChI=1S/C14H19BrN2/c15-12-4-3-5-13(17-8-1-2-9-17)14(12)11-6-7-16-10-11/h3-5,11,16H,1-2,6-10H2. The first-order valence-corrected chi connectivity index (χ1v) is 7.39. The number of rotatable bonds is 2. The lowest BCUT2D eigenvalue weighted by Crippen LogP contribution is -2.21. The maximum absolute atomic E-state index is 3.75. The zero-order chi connectivity index (χ0) is 11.7. The van der Waals surface area contributed by atoms with Crippen molar-refractivity contribution in [1.29, 1.82) is 0 Å². The van der Waals surface area contributed by atoms with Crippen molar-refractivity contribution in [2.24, 2.45) is 0 Å². The first kappa shape index (κ1) is 11.5. The van der Waals surface area contributed by atoms with E-state index >= 15 is 0 Å². The fourth-order valence-electron chi connectivity index (χ4n) is 3.06. The lowest BCUT2D eigenvalue weighted by Gasteiger charge is -2.25. The van der Waals surface area contributed by atoms with Gasteiger partial charge in [-0.3, -0.25) is 0 Å². The summed E-state index contributed by atoms with van der Waals surface area (Å²) in [5.41, 5.74) is 2.99. The zero-order valence-electron chi connectivity index (χ0n) is 10.1. The number of benzene rings is 1. The normalized spacial score (nSPS) is 24.5. The van der Waals surface area contributed by atoms with Crippen molar-refractivity contribution < 1.29 is 0 Å². The maximum Gasteiger partial charge on any atom is 0.0413 e. The van der Waals surface area contributed by atoms with Crippen molar-refractivity contribution in [2.45, 2.75) is 25.2 Å². The van der Waals surface area contributed by atoms with Gasteiger partial charge in [-0.05, 0) is 43.5 Å². The molecule has 0 aliphatic carbocycles. The number of anilines is 1. The van der Waals surface area contributed by atoms with Crippen LogP contribution in [0.15, 0.2) is 22.7 Å². The van der Waals surface area contributed by atoms with Crippen molar-refractivity contribution in [1.82, 2.24) is 5.32 Å². The number of nitrogens with zero attached hydrogens (tertiary/aromatic N) is 1. The SMILES string of the molecule is Brc1cccc(N2CCCC2)c1C1CCNC1. The van der Waals surface area contributed by atoms with E-state index in [1.807, 2.05) is 0 Å². The monoisotopic (exact) mass is 294 g/mol. The van der Waals surface area contributed by atoms with E-state index in [-0.39, 0.29) is 0 Å². The van der Waals surface area contributed by atoms with E-state index in [1.54, 1.807) is 0 Å². The quantitative estimate of drug-likeness (QED) is 0.902. The summed E-state index contributed by atoms with van der Waals surface area (Å²) >= 11 is 3.75. The summed E-state index contributed by atoms with van der Waals surface area (Å²) in [4.78, 5) is 2.55. The average molecular weight is 295 g/mol. The highest BCUT2D eigenvalue weighted by Gasteiger charge is 2.25. The van der Waals surface area contributed by atoms with Crippen molar-refractivity contribution in [3.8, 4) is 0 Å². The van der Waals surface area contributed by atoms with Crippen molar-refractivity contribution in [2.75, 3.05) is 31.1 Å². The van der Waals surface area contributed by atoms with Gasteiger partial charge in [-0.25, -0.2) is 0 Å². The molecule has 2 nitrogen and oxygen atoms in total. The molecular weight excluding hydrogens is 276 g/mol. The van der Waals surface area contributed by atoms with Crippen LogP contribution in [0.5, 0.6) is 0 Å². The van der Waals surface area contributed by atoms with Gasteiger partial charge in [-0.2, -0.15) is 0 Å². The molecule has 2 fully saturated rings. The molecule has 3 heteroatoms. The van der Waals surface area contributed by atoms with Gasteiger partial charge in [0.2, 0.25) is 0 Å². The Morgan fingerprint density at radius 3 is 2.76 bits per heavy atom. The molecule has 0 spiro atoms. The van der Waals surface area contributed by atoms with Gasteiger partial charge in [0.05, 0.1) is 0 Å². The molecule has 2 aliphatic rings. The Morgan fingerprint density at radius 2 is 2.06 bits per heavy atom. The second-order valence-electron chi connectivity index (χ2n) is 5.06. The predicted octanol–water partition coefficient (Wildman–Crippen LogP) is 3.13. The van der Waals surface area contributed by atoms with E-state index < -0.39 is 0 Å². The third-order valence-electron chi connectivity index (χ3n) is 3.95. The van der Waals surface area contributed by atoms with Crippen LogP contribution in [0.1, 0.15) is 30.7 Å². The smallest absolute Gasteiger partial charge is 0.0413 e. The molecule has 1 aromatic carbocycles. The lowest BCUT2D eigenvalue weighted by atomic mass is 9.96. The molecule has 2 aliphatic heterocycles. The minimum absolute atomic E-state index is 0.682. The molecule has 2 saturated heterocycles. The molecule has 17 heavy (non-hydrogen) atoms. The second-order valence-corrected chi connectivity index (χ2v) is 5.91. The van der Waals surface area contributed by atoms with Crippen LogP contribution >= 0.6 is 15.9 Å². The summed E-state index contributed by atoms with van der Waals surface area (Å²) in [6.07, 6.45) is 3.95. The number of nitrogens with one attached hydrogen (secondary N) is 1. The number of halogens is 1. The molecule has 3 rings (SSSR count). The van der Waals surface area contributed by atoms with Crippen molar-refractivity contribution in [3.05, 3.63) is 28.2 Å². The molecule has 1 N–H and O–H groups in total. The van der Waals surface area contributed by atoms with E-state index in [9.17, 15) is 0 Å². The van der Waals surface area contributed by atoms with E-state index in [2.05, 4.69) is 44.3 Å². The zero-order valence-corrected chi connectivity index (χ0v) is 11.7. The highest BCUT2D eigenvalue weighted by molar-refractivity contribution is 9.10. The van der Waals surface area contributed by atoms with Gasteiger partial charge >= 0.3 is 0 Å². The molecule has 1 unspecified atom stereocenters. The molecule has 0 radical (unpaired) electrons. The maximum atomic E-state index is 3.75. The summed E-state index contributed by atoms with van der Waals surface area (Å²) in [5.74, 6) is 0.682. The highest BCUT2D eigenvalue weighted by atomic mass is 79.9. The van der Waals surface area contributed by atoms with Crippen LogP contribution in [-0.4, -0.2) is 26.2 Å². The van der Waals surface area contributed by atoms with Crippen LogP contribution in [0.4, 0.5) is 5.69 Å². The van der Waals surface area contributed by atoms with Gasteiger partial charge in [-0.1, -0.05) is 22.0 Å². The Labute approximate surface area is 112 Å². The first-order valence-electron chi connectivity index (χ1n) is 6.60. The van der Waals surface area contributed by atoms with Crippen LogP contribution in [0, 0.1) is 0 Å². The molecule has 0 saturated carbocycles. The Morgan fingerprint density at radius 1 is 1.24 bits per heavy atom. The van der Waals surface area contributed by atoms with Crippen molar-refractivity contribution in [3.63, 3.8) is 0 Å². The Hall–Kier alpha value is -0.540. The Kier molecular flexibility index (Phi) is 3.39. The fourth-order valence-corrected chi connectivity index (χ4v) is 3.74. The summed E-state index contributed by atoms with van der Waals surface area (Å²) in [6, 6.07) is 6.65.